The minimum Gasteiger partial charge on any atom is -0.295 e. The molecule has 0 heterocycles. The molecule has 0 aliphatic carbocycles. The summed E-state index contributed by atoms with van der Waals surface area (Å²) in [4.78, 5) is 10.6. The summed E-state index contributed by atoms with van der Waals surface area (Å²) in [6, 6.07) is 19.4. The summed E-state index contributed by atoms with van der Waals surface area (Å²) in [5.74, 6) is 1.02. The highest BCUT2D eigenvalue weighted by Gasteiger charge is 1.92. The first kappa shape index (κ1) is 14.5. The summed E-state index contributed by atoms with van der Waals surface area (Å²) in [5, 5.41) is 5.28. The summed E-state index contributed by atoms with van der Waals surface area (Å²) in [5.41, 5.74) is 2.06. The van der Waals surface area contributed by atoms with Gasteiger partial charge in [0.1, 0.15) is 0 Å². The quantitative estimate of drug-likeness (QED) is 0.675. The Balaban J connectivity index is 0.000000180. The van der Waals surface area contributed by atoms with Crippen LogP contribution in [0.25, 0.3) is 0 Å². The maximum Gasteiger partial charge on any atom is 0.159 e. The van der Waals surface area contributed by atoms with E-state index in [2.05, 4.69) is 12.1 Å². The van der Waals surface area contributed by atoms with Gasteiger partial charge in [-0.15, -0.1) is 0 Å². The second kappa shape index (κ2) is 8.50. The minimum absolute atomic E-state index is 0.121. The number of rotatable bonds is 3. The van der Waals surface area contributed by atoms with Crippen LogP contribution in [0.15, 0.2) is 60.7 Å². The Morgan fingerprint density at radius 2 is 1.50 bits per heavy atom. The third-order valence-corrected chi connectivity index (χ3v) is 2.77. The lowest BCUT2D eigenvalue weighted by molar-refractivity contribution is 0.101. The zero-order valence-electron chi connectivity index (χ0n) is 10.4. The van der Waals surface area contributed by atoms with Crippen LogP contribution in [0.3, 0.4) is 0 Å². The first-order valence-corrected chi connectivity index (χ1v) is 6.70. The molecular formula is C15H17NOS. The van der Waals surface area contributed by atoms with E-state index in [-0.39, 0.29) is 5.78 Å². The first-order chi connectivity index (χ1) is 8.74. The van der Waals surface area contributed by atoms with E-state index in [1.54, 1.807) is 6.92 Å². The van der Waals surface area contributed by atoms with Gasteiger partial charge >= 0.3 is 0 Å². The Morgan fingerprint density at radius 1 is 1.00 bits per heavy atom. The number of carbonyl (C=O) groups is 1. The van der Waals surface area contributed by atoms with Crippen LogP contribution in [0, 0.1) is 0 Å². The standard InChI is InChI=1S/C8H8O.C7H9NS/c1-7(9)8-5-3-2-4-6-8;8-9-6-7-4-2-1-3-5-7/h2-6H,1H3;1-5H,6,8H2. The SMILES string of the molecule is CC(=O)c1ccccc1.NSCc1ccccc1. The van der Waals surface area contributed by atoms with E-state index >= 15 is 0 Å². The molecule has 0 aliphatic heterocycles. The van der Waals surface area contributed by atoms with Crippen LogP contribution in [-0.4, -0.2) is 5.78 Å². The van der Waals surface area contributed by atoms with Gasteiger partial charge in [0.05, 0.1) is 0 Å². The molecule has 0 saturated carbocycles. The van der Waals surface area contributed by atoms with Crippen LogP contribution >= 0.6 is 11.9 Å². The molecule has 2 rings (SSSR count). The van der Waals surface area contributed by atoms with E-state index in [4.69, 9.17) is 5.14 Å². The second-order valence-corrected chi connectivity index (χ2v) is 4.34. The van der Waals surface area contributed by atoms with E-state index in [9.17, 15) is 4.79 Å². The molecule has 0 bridgehead atoms. The van der Waals surface area contributed by atoms with Crippen molar-refractivity contribution in [1.82, 2.24) is 0 Å². The average molecular weight is 259 g/mol. The molecule has 3 heteroatoms. The fraction of sp³-hybridized carbons (Fsp3) is 0.133. The molecule has 0 spiro atoms. The average Bonchev–Trinajstić information content (AvgIpc) is 2.42. The highest BCUT2D eigenvalue weighted by Crippen LogP contribution is 2.04. The van der Waals surface area contributed by atoms with E-state index < -0.39 is 0 Å². The maximum absolute atomic E-state index is 10.6. The van der Waals surface area contributed by atoms with Crippen molar-refractivity contribution in [2.75, 3.05) is 0 Å². The van der Waals surface area contributed by atoms with Crippen molar-refractivity contribution in [2.24, 2.45) is 5.14 Å². The van der Waals surface area contributed by atoms with Gasteiger partial charge in [0.2, 0.25) is 0 Å². The number of benzene rings is 2. The van der Waals surface area contributed by atoms with Crippen LogP contribution in [0.4, 0.5) is 0 Å². The molecule has 0 amide bonds. The maximum atomic E-state index is 10.6. The van der Waals surface area contributed by atoms with Crippen molar-refractivity contribution in [3.8, 4) is 0 Å². The summed E-state index contributed by atoms with van der Waals surface area (Å²) in [7, 11) is 0. The van der Waals surface area contributed by atoms with Crippen molar-refractivity contribution < 1.29 is 4.79 Å². The molecule has 0 unspecified atom stereocenters. The first-order valence-electron chi connectivity index (χ1n) is 5.65. The molecule has 0 fully saturated rings. The number of carbonyl (C=O) groups excluding carboxylic acids is 1. The predicted molar refractivity (Wildman–Crippen MR) is 78.4 cm³/mol. The Hall–Kier alpha value is -1.58. The Morgan fingerprint density at radius 3 is 1.89 bits per heavy atom. The molecule has 0 aromatic heterocycles. The highest BCUT2D eigenvalue weighted by molar-refractivity contribution is 7.96. The van der Waals surface area contributed by atoms with E-state index in [0.717, 1.165) is 11.3 Å². The van der Waals surface area contributed by atoms with Gasteiger partial charge in [0.25, 0.3) is 0 Å². The van der Waals surface area contributed by atoms with Gasteiger partial charge in [0, 0.05) is 11.3 Å². The fourth-order valence-corrected chi connectivity index (χ4v) is 1.73. The zero-order valence-corrected chi connectivity index (χ0v) is 11.2. The number of nitrogens with two attached hydrogens (primary N) is 1. The van der Waals surface area contributed by atoms with Gasteiger partial charge in [-0.25, -0.2) is 0 Å². The fourth-order valence-electron chi connectivity index (χ4n) is 1.34. The van der Waals surface area contributed by atoms with Crippen LogP contribution < -0.4 is 5.14 Å². The predicted octanol–water partition coefficient (Wildman–Crippen LogP) is 3.68. The van der Waals surface area contributed by atoms with Gasteiger partial charge in [-0.05, 0) is 12.5 Å². The zero-order chi connectivity index (χ0) is 13.2. The van der Waals surface area contributed by atoms with Gasteiger partial charge < -0.3 is 0 Å². The van der Waals surface area contributed by atoms with Crippen molar-refractivity contribution in [3.63, 3.8) is 0 Å². The number of Topliss-reactive ketones (excluding diaryl/α,β-unsaturated/α-hetero) is 1. The topological polar surface area (TPSA) is 43.1 Å². The van der Waals surface area contributed by atoms with E-state index in [0.29, 0.717) is 0 Å². The molecular weight excluding hydrogens is 242 g/mol. The molecule has 94 valence electrons. The van der Waals surface area contributed by atoms with Crippen molar-refractivity contribution in [2.45, 2.75) is 12.7 Å². The molecule has 0 saturated heterocycles. The van der Waals surface area contributed by atoms with E-state index in [1.165, 1.54) is 17.5 Å². The van der Waals surface area contributed by atoms with Gasteiger partial charge in [-0.2, -0.15) is 0 Å². The second-order valence-electron chi connectivity index (χ2n) is 3.72. The minimum atomic E-state index is 0.121. The molecule has 0 radical (unpaired) electrons. The number of ketones is 1. The molecule has 0 aliphatic rings. The molecule has 0 atom stereocenters. The Kier molecular flexibility index (Phi) is 6.84. The van der Waals surface area contributed by atoms with Crippen molar-refractivity contribution in [1.29, 1.82) is 0 Å². The smallest absolute Gasteiger partial charge is 0.159 e. The molecule has 18 heavy (non-hydrogen) atoms. The lowest BCUT2D eigenvalue weighted by atomic mass is 10.2. The molecule has 2 aromatic carbocycles. The van der Waals surface area contributed by atoms with Crippen molar-refractivity contribution in [3.05, 3.63) is 71.8 Å². The summed E-state index contributed by atoms with van der Waals surface area (Å²) < 4.78 is 0. The van der Waals surface area contributed by atoms with Crippen molar-refractivity contribution >= 4 is 17.7 Å². The Labute approximate surface area is 112 Å². The summed E-state index contributed by atoms with van der Waals surface area (Å²) >= 11 is 1.35. The summed E-state index contributed by atoms with van der Waals surface area (Å²) in [6.07, 6.45) is 0. The molecule has 2 aromatic rings. The Bertz CT molecular complexity index is 456. The number of hydrogen-bond acceptors (Lipinski definition) is 3. The third kappa shape index (κ3) is 5.66. The summed E-state index contributed by atoms with van der Waals surface area (Å²) in [6.45, 7) is 1.56. The van der Waals surface area contributed by atoms with E-state index in [1.807, 2.05) is 48.5 Å². The molecule has 2 nitrogen and oxygen atoms in total. The largest absolute Gasteiger partial charge is 0.295 e. The lowest BCUT2D eigenvalue weighted by Crippen LogP contribution is -1.88. The van der Waals surface area contributed by atoms with Gasteiger partial charge in [0.15, 0.2) is 5.78 Å². The molecule has 2 N–H and O–H groups in total. The van der Waals surface area contributed by atoms with Crippen LogP contribution in [0.5, 0.6) is 0 Å². The van der Waals surface area contributed by atoms with Crippen LogP contribution in [-0.2, 0) is 5.75 Å². The van der Waals surface area contributed by atoms with Gasteiger partial charge in [-0.3, -0.25) is 9.93 Å². The monoisotopic (exact) mass is 259 g/mol. The van der Waals surface area contributed by atoms with Gasteiger partial charge in [-0.1, -0.05) is 72.6 Å². The highest BCUT2D eigenvalue weighted by atomic mass is 32.2. The lowest BCUT2D eigenvalue weighted by Gasteiger charge is -1.93. The van der Waals surface area contributed by atoms with Crippen LogP contribution in [0.2, 0.25) is 0 Å². The third-order valence-electron chi connectivity index (χ3n) is 2.27. The number of hydrogen-bond donors (Lipinski definition) is 1. The normalized spacial score (nSPS) is 9.22. The van der Waals surface area contributed by atoms with Crippen LogP contribution in [0.1, 0.15) is 22.8 Å².